The van der Waals surface area contributed by atoms with Gasteiger partial charge in [-0.3, -0.25) is 4.90 Å². The number of hydrogen-bond acceptors (Lipinski definition) is 3. The Morgan fingerprint density at radius 1 is 0.824 bits per heavy atom. The normalized spacial score (nSPS) is 15.2. The lowest BCUT2D eigenvalue weighted by molar-refractivity contribution is 0.0825. The molecule has 17 heavy (non-hydrogen) atoms. The molecule has 0 saturated carbocycles. The van der Waals surface area contributed by atoms with Crippen molar-refractivity contribution in [2.24, 2.45) is 0 Å². The highest BCUT2D eigenvalue weighted by molar-refractivity contribution is 4.64. The molecule has 0 rings (SSSR count). The van der Waals surface area contributed by atoms with E-state index < -0.39 is 0 Å². The zero-order valence-corrected chi connectivity index (χ0v) is 11.9. The molecule has 2 N–H and O–H groups in total. The summed E-state index contributed by atoms with van der Waals surface area (Å²) in [5, 5.41) is 18.8. The van der Waals surface area contributed by atoms with Crippen LogP contribution in [0.25, 0.3) is 0 Å². The lowest BCUT2D eigenvalue weighted by Crippen LogP contribution is -2.36. The molecule has 0 bridgehead atoms. The molecule has 0 amide bonds. The summed E-state index contributed by atoms with van der Waals surface area (Å²) in [6.07, 6.45) is 7.08. The SMILES string of the molecule is CCCCCCCCN(CC(C)O)CC(C)O. The molecule has 104 valence electrons. The third-order valence-electron chi connectivity index (χ3n) is 2.87. The maximum Gasteiger partial charge on any atom is 0.0639 e. The van der Waals surface area contributed by atoms with Gasteiger partial charge in [0.15, 0.2) is 0 Å². The van der Waals surface area contributed by atoms with Gasteiger partial charge >= 0.3 is 0 Å². The standard InChI is InChI=1S/C14H31NO2/c1-4-5-6-7-8-9-10-15(11-13(2)16)12-14(3)17/h13-14,16-17H,4-12H2,1-3H3. The zero-order valence-electron chi connectivity index (χ0n) is 11.9. The summed E-state index contributed by atoms with van der Waals surface area (Å²) >= 11 is 0. The fourth-order valence-electron chi connectivity index (χ4n) is 2.12. The van der Waals surface area contributed by atoms with Gasteiger partial charge in [0.25, 0.3) is 0 Å². The summed E-state index contributed by atoms with van der Waals surface area (Å²) in [7, 11) is 0. The van der Waals surface area contributed by atoms with E-state index in [0.717, 1.165) is 6.54 Å². The van der Waals surface area contributed by atoms with Gasteiger partial charge in [0.2, 0.25) is 0 Å². The molecule has 0 aliphatic heterocycles. The summed E-state index contributed by atoms with van der Waals surface area (Å²) in [4.78, 5) is 2.16. The van der Waals surface area contributed by atoms with Crippen molar-refractivity contribution in [1.82, 2.24) is 4.90 Å². The van der Waals surface area contributed by atoms with Gasteiger partial charge in [0, 0.05) is 13.1 Å². The summed E-state index contributed by atoms with van der Waals surface area (Å²) in [6, 6.07) is 0. The predicted molar refractivity (Wildman–Crippen MR) is 73.2 cm³/mol. The van der Waals surface area contributed by atoms with Crippen LogP contribution < -0.4 is 0 Å². The Morgan fingerprint density at radius 3 is 1.76 bits per heavy atom. The van der Waals surface area contributed by atoms with Crippen LogP contribution in [0.1, 0.15) is 59.3 Å². The van der Waals surface area contributed by atoms with Crippen LogP contribution in [0, 0.1) is 0 Å². The summed E-state index contributed by atoms with van der Waals surface area (Å²) in [5.74, 6) is 0. The fraction of sp³-hybridized carbons (Fsp3) is 1.00. The Labute approximate surface area is 107 Å². The number of aliphatic hydroxyl groups excluding tert-OH is 2. The molecule has 0 heterocycles. The second-order valence-electron chi connectivity index (χ2n) is 5.23. The van der Waals surface area contributed by atoms with E-state index in [9.17, 15) is 10.2 Å². The highest BCUT2D eigenvalue weighted by atomic mass is 16.3. The first-order chi connectivity index (χ1) is 8.06. The van der Waals surface area contributed by atoms with Gasteiger partial charge in [-0.1, -0.05) is 39.0 Å². The highest BCUT2D eigenvalue weighted by Gasteiger charge is 2.10. The quantitative estimate of drug-likeness (QED) is 0.549. The summed E-state index contributed by atoms with van der Waals surface area (Å²) in [5.41, 5.74) is 0. The molecule has 2 atom stereocenters. The average molecular weight is 245 g/mol. The van der Waals surface area contributed by atoms with Crippen molar-refractivity contribution in [2.75, 3.05) is 19.6 Å². The minimum absolute atomic E-state index is 0.311. The molecule has 3 nitrogen and oxygen atoms in total. The van der Waals surface area contributed by atoms with E-state index in [1.165, 1.54) is 38.5 Å². The first-order valence-electron chi connectivity index (χ1n) is 7.14. The highest BCUT2D eigenvalue weighted by Crippen LogP contribution is 2.06. The van der Waals surface area contributed by atoms with Crippen LogP contribution in [0.4, 0.5) is 0 Å². The van der Waals surface area contributed by atoms with E-state index in [4.69, 9.17) is 0 Å². The minimum atomic E-state index is -0.311. The van der Waals surface area contributed by atoms with Gasteiger partial charge in [-0.2, -0.15) is 0 Å². The smallest absolute Gasteiger partial charge is 0.0639 e. The molecule has 0 aromatic rings. The van der Waals surface area contributed by atoms with Gasteiger partial charge in [-0.15, -0.1) is 0 Å². The van der Waals surface area contributed by atoms with Crippen molar-refractivity contribution >= 4 is 0 Å². The second-order valence-corrected chi connectivity index (χ2v) is 5.23. The van der Waals surface area contributed by atoms with Crippen LogP contribution in [0.5, 0.6) is 0 Å². The molecule has 0 aliphatic rings. The maximum atomic E-state index is 9.39. The van der Waals surface area contributed by atoms with E-state index in [-0.39, 0.29) is 12.2 Å². The second kappa shape index (κ2) is 11.0. The number of nitrogens with zero attached hydrogens (tertiary/aromatic N) is 1. The number of hydrogen-bond donors (Lipinski definition) is 2. The first kappa shape index (κ1) is 16.9. The van der Waals surface area contributed by atoms with Gasteiger partial charge in [-0.05, 0) is 26.8 Å². The Kier molecular flexibility index (Phi) is 10.9. The van der Waals surface area contributed by atoms with Crippen molar-refractivity contribution in [3.05, 3.63) is 0 Å². The molecular weight excluding hydrogens is 214 g/mol. The van der Waals surface area contributed by atoms with Gasteiger partial charge in [0.1, 0.15) is 0 Å². The van der Waals surface area contributed by atoms with E-state index in [0.29, 0.717) is 13.1 Å². The molecule has 0 aromatic carbocycles. The topological polar surface area (TPSA) is 43.7 Å². The predicted octanol–water partition coefficient (Wildman–Crippen LogP) is 2.41. The van der Waals surface area contributed by atoms with Crippen LogP contribution in [-0.4, -0.2) is 47.0 Å². The number of rotatable bonds is 11. The van der Waals surface area contributed by atoms with E-state index in [1.807, 2.05) is 0 Å². The van der Waals surface area contributed by atoms with Crippen LogP contribution in [0.2, 0.25) is 0 Å². The molecule has 2 unspecified atom stereocenters. The van der Waals surface area contributed by atoms with Crippen molar-refractivity contribution < 1.29 is 10.2 Å². The minimum Gasteiger partial charge on any atom is -0.392 e. The molecular formula is C14H31NO2. The number of aliphatic hydroxyl groups is 2. The molecule has 3 heteroatoms. The fourth-order valence-corrected chi connectivity index (χ4v) is 2.12. The molecule has 0 spiro atoms. The van der Waals surface area contributed by atoms with Crippen LogP contribution in [0.3, 0.4) is 0 Å². The van der Waals surface area contributed by atoms with E-state index >= 15 is 0 Å². The molecule has 0 saturated heterocycles. The molecule has 0 aliphatic carbocycles. The van der Waals surface area contributed by atoms with Crippen molar-refractivity contribution in [2.45, 2.75) is 71.5 Å². The monoisotopic (exact) mass is 245 g/mol. The van der Waals surface area contributed by atoms with Crippen molar-refractivity contribution in [1.29, 1.82) is 0 Å². The maximum absolute atomic E-state index is 9.39. The van der Waals surface area contributed by atoms with Gasteiger partial charge in [0.05, 0.1) is 12.2 Å². The lowest BCUT2D eigenvalue weighted by Gasteiger charge is -2.24. The molecule has 0 aromatic heterocycles. The Morgan fingerprint density at radius 2 is 1.29 bits per heavy atom. The molecule has 0 fully saturated rings. The van der Waals surface area contributed by atoms with E-state index in [1.54, 1.807) is 13.8 Å². The average Bonchev–Trinajstić information content (AvgIpc) is 2.21. The molecule has 0 radical (unpaired) electrons. The number of unbranched alkanes of at least 4 members (excludes halogenated alkanes) is 5. The van der Waals surface area contributed by atoms with Crippen molar-refractivity contribution in [3.8, 4) is 0 Å². The third kappa shape index (κ3) is 12.1. The third-order valence-corrected chi connectivity index (χ3v) is 2.87. The van der Waals surface area contributed by atoms with E-state index in [2.05, 4.69) is 11.8 Å². The lowest BCUT2D eigenvalue weighted by atomic mass is 10.1. The van der Waals surface area contributed by atoms with Crippen LogP contribution >= 0.6 is 0 Å². The Bertz CT molecular complexity index is 150. The van der Waals surface area contributed by atoms with Gasteiger partial charge < -0.3 is 10.2 Å². The zero-order chi connectivity index (χ0) is 13.1. The largest absolute Gasteiger partial charge is 0.392 e. The van der Waals surface area contributed by atoms with Crippen LogP contribution in [0.15, 0.2) is 0 Å². The Hall–Kier alpha value is -0.120. The summed E-state index contributed by atoms with van der Waals surface area (Å²) in [6.45, 7) is 8.15. The van der Waals surface area contributed by atoms with Crippen LogP contribution in [-0.2, 0) is 0 Å². The van der Waals surface area contributed by atoms with Crippen molar-refractivity contribution in [3.63, 3.8) is 0 Å². The van der Waals surface area contributed by atoms with Gasteiger partial charge in [-0.25, -0.2) is 0 Å². The first-order valence-corrected chi connectivity index (χ1v) is 7.14. The Balaban J connectivity index is 3.60. The summed E-state index contributed by atoms with van der Waals surface area (Å²) < 4.78 is 0.